The lowest BCUT2D eigenvalue weighted by molar-refractivity contribution is 0.834. The zero-order chi connectivity index (χ0) is 13.7. The van der Waals surface area contributed by atoms with Gasteiger partial charge in [0.2, 0.25) is 0 Å². The Morgan fingerprint density at radius 1 is 1.00 bits per heavy atom. The van der Waals surface area contributed by atoms with Gasteiger partial charge in [0.05, 0.1) is 0 Å². The molecule has 0 heterocycles. The third-order valence-corrected chi connectivity index (χ3v) is 0.500. The Labute approximate surface area is 100 Å². The van der Waals surface area contributed by atoms with E-state index in [2.05, 4.69) is 20.4 Å². The van der Waals surface area contributed by atoms with E-state index in [1.54, 1.807) is 6.08 Å². The van der Waals surface area contributed by atoms with Crippen molar-refractivity contribution in [1.29, 1.82) is 0 Å². The number of hydrogen-bond donors (Lipinski definition) is 1. The molecular formula is C14H37N. The van der Waals surface area contributed by atoms with Crippen LogP contribution in [0.4, 0.5) is 0 Å². The standard InChI is InChI=1S/C4H10.C3H9N.C3H6.2C2H6/c1-3-4-2;1-3(2)4;1-3-2;2*1-2/h3-4H2,1-2H3;3H,4H2,1-2H3;3H,1H2,2H3;2*1-2H3. The Morgan fingerprint density at radius 3 is 1.07 bits per heavy atom. The smallest absolute Gasteiger partial charge is 0.00179 e. The first-order valence-corrected chi connectivity index (χ1v) is 6.39. The summed E-state index contributed by atoms with van der Waals surface area (Å²) in [5.74, 6) is 0. The van der Waals surface area contributed by atoms with Crippen molar-refractivity contribution in [3.05, 3.63) is 12.7 Å². The highest BCUT2D eigenvalue weighted by Gasteiger charge is 1.67. The highest BCUT2D eigenvalue weighted by Crippen LogP contribution is 1.76. The van der Waals surface area contributed by atoms with Crippen molar-refractivity contribution in [3.8, 4) is 0 Å². The number of allylic oxidation sites excluding steroid dienone is 1. The van der Waals surface area contributed by atoms with Crippen molar-refractivity contribution < 1.29 is 0 Å². The van der Waals surface area contributed by atoms with Gasteiger partial charge in [-0.25, -0.2) is 0 Å². The Bertz CT molecular complexity index is 44.5. The van der Waals surface area contributed by atoms with Crippen molar-refractivity contribution in [1.82, 2.24) is 0 Å². The van der Waals surface area contributed by atoms with Crippen LogP contribution in [0.25, 0.3) is 0 Å². The predicted octanol–water partition coefficient (Wildman–Crippen LogP) is 5.40. The molecule has 0 bridgehead atoms. The van der Waals surface area contributed by atoms with Crippen LogP contribution in [0.2, 0.25) is 0 Å². The summed E-state index contributed by atoms with van der Waals surface area (Å²) in [5, 5.41) is 0. The largest absolute Gasteiger partial charge is 0.328 e. The topological polar surface area (TPSA) is 26.0 Å². The summed E-state index contributed by atoms with van der Waals surface area (Å²) in [6.07, 6.45) is 4.39. The Kier molecular flexibility index (Phi) is 133. The van der Waals surface area contributed by atoms with Gasteiger partial charge in [-0.15, -0.1) is 6.58 Å². The van der Waals surface area contributed by atoms with Gasteiger partial charge in [0.25, 0.3) is 0 Å². The van der Waals surface area contributed by atoms with Crippen LogP contribution in [0.15, 0.2) is 12.7 Å². The van der Waals surface area contributed by atoms with E-state index in [1.807, 2.05) is 48.5 Å². The molecule has 0 rings (SSSR count). The Hall–Kier alpha value is -0.300. The molecule has 0 aliphatic heterocycles. The molecule has 0 aromatic heterocycles. The van der Waals surface area contributed by atoms with Gasteiger partial charge < -0.3 is 5.73 Å². The summed E-state index contributed by atoms with van der Waals surface area (Å²) >= 11 is 0. The summed E-state index contributed by atoms with van der Waals surface area (Å²) < 4.78 is 0. The molecule has 0 aromatic rings. The third kappa shape index (κ3) is 3830. The van der Waals surface area contributed by atoms with E-state index in [0.717, 1.165) is 0 Å². The molecule has 15 heavy (non-hydrogen) atoms. The normalized spacial score (nSPS) is 6.07. The van der Waals surface area contributed by atoms with Gasteiger partial charge in [-0.3, -0.25) is 0 Å². The predicted molar refractivity (Wildman–Crippen MR) is 78.5 cm³/mol. The minimum Gasteiger partial charge on any atom is -0.328 e. The molecule has 0 saturated heterocycles. The van der Waals surface area contributed by atoms with Crippen molar-refractivity contribution >= 4 is 0 Å². The summed E-state index contributed by atoms with van der Waals surface area (Å²) in [6, 6.07) is 0.333. The molecule has 1 nitrogen and oxygen atoms in total. The lowest BCUT2D eigenvalue weighted by Gasteiger charge is -1.81. The SMILES string of the molecule is C=CC.CC.CC.CC(C)N.CCCC. The molecule has 0 atom stereocenters. The van der Waals surface area contributed by atoms with Gasteiger partial charge in [-0.2, -0.15) is 0 Å². The molecule has 0 aromatic carbocycles. The number of hydrogen-bond acceptors (Lipinski definition) is 1. The maximum Gasteiger partial charge on any atom is -0.00179 e. The zero-order valence-corrected chi connectivity index (χ0v) is 12.9. The van der Waals surface area contributed by atoms with Crippen molar-refractivity contribution in [2.24, 2.45) is 5.73 Å². The lowest BCUT2D eigenvalue weighted by Crippen LogP contribution is -2.06. The molecule has 1 heteroatoms. The molecular weight excluding hydrogens is 182 g/mol. The van der Waals surface area contributed by atoms with Crippen molar-refractivity contribution in [2.45, 2.75) is 81.2 Å². The summed E-state index contributed by atoms with van der Waals surface area (Å²) in [4.78, 5) is 0. The van der Waals surface area contributed by atoms with Gasteiger partial charge in [-0.05, 0) is 13.0 Å². The first-order valence-electron chi connectivity index (χ1n) is 6.39. The van der Waals surface area contributed by atoms with E-state index in [0.29, 0.717) is 6.04 Å². The molecule has 0 spiro atoms. The maximum atomic E-state index is 5.11. The first kappa shape index (κ1) is 29.3. The second-order valence-corrected chi connectivity index (χ2v) is 2.65. The molecule has 98 valence electrons. The van der Waals surface area contributed by atoms with E-state index in [4.69, 9.17) is 5.73 Å². The fourth-order valence-corrected chi connectivity index (χ4v) is 0. The molecule has 0 aliphatic rings. The molecule has 2 N–H and O–H groups in total. The number of nitrogens with two attached hydrogens (primary N) is 1. The van der Waals surface area contributed by atoms with Crippen molar-refractivity contribution in [2.75, 3.05) is 0 Å². The molecule has 0 aliphatic carbocycles. The first-order chi connectivity index (χ1) is 7.06. The third-order valence-electron chi connectivity index (χ3n) is 0.500. The van der Waals surface area contributed by atoms with Gasteiger partial charge in [0.1, 0.15) is 0 Å². The minimum atomic E-state index is 0.333. The van der Waals surface area contributed by atoms with Crippen LogP contribution in [0.3, 0.4) is 0 Å². The monoisotopic (exact) mass is 219 g/mol. The minimum absolute atomic E-state index is 0.333. The van der Waals surface area contributed by atoms with Crippen LogP contribution in [-0.2, 0) is 0 Å². The summed E-state index contributed by atoms with van der Waals surface area (Å²) in [7, 11) is 0. The van der Waals surface area contributed by atoms with E-state index in [-0.39, 0.29) is 0 Å². The van der Waals surface area contributed by atoms with Gasteiger partial charge in [0.15, 0.2) is 0 Å². The maximum absolute atomic E-state index is 5.11. The van der Waals surface area contributed by atoms with E-state index >= 15 is 0 Å². The Morgan fingerprint density at radius 2 is 1.07 bits per heavy atom. The average molecular weight is 219 g/mol. The summed E-state index contributed by atoms with van der Waals surface area (Å²) in [5.41, 5.74) is 5.11. The average Bonchev–Trinajstić information content (AvgIpc) is 2.24. The van der Waals surface area contributed by atoms with Gasteiger partial charge in [-0.1, -0.05) is 74.3 Å². The second kappa shape index (κ2) is 68.0. The van der Waals surface area contributed by atoms with Crippen LogP contribution in [0.1, 0.15) is 75.2 Å². The van der Waals surface area contributed by atoms with Crippen LogP contribution in [0.5, 0.6) is 0 Å². The van der Waals surface area contributed by atoms with Crippen LogP contribution in [-0.4, -0.2) is 6.04 Å². The second-order valence-electron chi connectivity index (χ2n) is 2.65. The van der Waals surface area contributed by atoms with Crippen LogP contribution >= 0.6 is 0 Å². The zero-order valence-electron chi connectivity index (χ0n) is 12.9. The van der Waals surface area contributed by atoms with Gasteiger partial charge >= 0.3 is 0 Å². The summed E-state index contributed by atoms with van der Waals surface area (Å²) in [6.45, 7) is 21.5. The lowest BCUT2D eigenvalue weighted by atomic mass is 10.4. The molecule has 0 amide bonds. The molecule has 0 radical (unpaired) electrons. The molecule has 0 fully saturated rings. The van der Waals surface area contributed by atoms with Crippen molar-refractivity contribution in [3.63, 3.8) is 0 Å². The number of rotatable bonds is 1. The van der Waals surface area contributed by atoms with Crippen LogP contribution < -0.4 is 5.73 Å². The Balaban J connectivity index is -0.0000000289. The highest BCUT2D eigenvalue weighted by atomic mass is 14.6. The van der Waals surface area contributed by atoms with E-state index < -0.39 is 0 Å². The fourth-order valence-electron chi connectivity index (χ4n) is 0. The fraction of sp³-hybridized carbons (Fsp3) is 0.857. The van der Waals surface area contributed by atoms with Gasteiger partial charge in [0, 0.05) is 0 Å². The highest BCUT2D eigenvalue weighted by molar-refractivity contribution is 4.51. The quantitative estimate of drug-likeness (QED) is 0.587. The van der Waals surface area contributed by atoms with E-state index in [1.165, 1.54) is 12.8 Å². The van der Waals surface area contributed by atoms with E-state index in [9.17, 15) is 0 Å². The number of unbranched alkanes of at least 4 members (excludes halogenated alkanes) is 1. The molecule has 0 unspecified atom stereocenters. The van der Waals surface area contributed by atoms with Crippen LogP contribution in [0, 0.1) is 0 Å². The molecule has 0 saturated carbocycles.